The summed E-state index contributed by atoms with van der Waals surface area (Å²) in [5, 5.41) is 2.72. The van der Waals surface area contributed by atoms with Gasteiger partial charge in [-0.2, -0.15) is 0 Å². The molecule has 0 spiro atoms. The number of fused-ring (bicyclic) bond motifs is 1. The average molecular weight is 276 g/mol. The van der Waals surface area contributed by atoms with E-state index in [1.165, 1.54) is 11.8 Å². The fraction of sp³-hybridized carbons (Fsp3) is 0.467. The summed E-state index contributed by atoms with van der Waals surface area (Å²) < 4.78 is 5.71. The first-order chi connectivity index (χ1) is 9.40. The SMILES string of the molecule is CCCNC(=O)C1(C)Oc2ccc(C)cc2N(C)C1=O. The summed E-state index contributed by atoms with van der Waals surface area (Å²) in [5.74, 6) is -0.210. The maximum atomic E-state index is 12.5. The number of benzene rings is 1. The fourth-order valence-electron chi connectivity index (χ4n) is 2.22. The smallest absolute Gasteiger partial charge is 0.280 e. The third-order valence-corrected chi connectivity index (χ3v) is 3.47. The molecular formula is C15H20N2O3. The van der Waals surface area contributed by atoms with E-state index >= 15 is 0 Å². The van der Waals surface area contributed by atoms with Crippen molar-refractivity contribution in [3.8, 4) is 5.75 Å². The minimum atomic E-state index is -1.51. The highest BCUT2D eigenvalue weighted by Crippen LogP contribution is 2.37. The van der Waals surface area contributed by atoms with Crippen LogP contribution in [0, 0.1) is 6.92 Å². The van der Waals surface area contributed by atoms with Gasteiger partial charge in [0.15, 0.2) is 0 Å². The molecule has 1 N–H and O–H groups in total. The van der Waals surface area contributed by atoms with Gasteiger partial charge in [0, 0.05) is 13.6 Å². The molecule has 0 saturated carbocycles. The van der Waals surface area contributed by atoms with Gasteiger partial charge >= 0.3 is 0 Å². The van der Waals surface area contributed by atoms with Crippen LogP contribution in [0.5, 0.6) is 5.75 Å². The van der Waals surface area contributed by atoms with Crippen LogP contribution in [0.3, 0.4) is 0 Å². The number of hydrogen-bond donors (Lipinski definition) is 1. The normalized spacial score (nSPS) is 21.2. The van der Waals surface area contributed by atoms with Crippen LogP contribution >= 0.6 is 0 Å². The van der Waals surface area contributed by atoms with Crippen LogP contribution in [0.1, 0.15) is 25.8 Å². The Morgan fingerprint density at radius 1 is 1.45 bits per heavy atom. The van der Waals surface area contributed by atoms with Crippen LogP contribution in [0.4, 0.5) is 5.69 Å². The number of hydrogen-bond acceptors (Lipinski definition) is 3. The lowest BCUT2D eigenvalue weighted by molar-refractivity contribution is -0.148. The Kier molecular flexibility index (Phi) is 3.70. The van der Waals surface area contributed by atoms with Crippen molar-refractivity contribution in [2.24, 2.45) is 0 Å². The Morgan fingerprint density at radius 3 is 2.80 bits per heavy atom. The Labute approximate surface area is 118 Å². The molecule has 1 heterocycles. The molecule has 0 radical (unpaired) electrons. The molecule has 2 rings (SSSR count). The predicted molar refractivity (Wildman–Crippen MR) is 76.9 cm³/mol. The summed E-state index contributed by atoms with van der Waals surface area (Å²) in [7, 11) is 1.66. The Bertz CT molecular complexity index is 556. The third kappa shape index (κ3) is 2.24. The molecule has 0 saturated heterocycles. The van der Waals surface area contributed by atoms with Gasteiger partial charge in [-0.15, -0.1) is 0 Å². The van der Waals surface area contributed by atoms with Crippen molar-refractivity contribution in [2.45, 2.75) is 32.8 Å². The largest absolute Gasteiger partial charge is 0.466 e. The number of carbonyl (C=O) groups excluding carboxylic acids is 2. The van der Waals surface area contributed by atoms with Gasteiger partial charge in [-0.3, -0.25) is 9.59 Å². The molecule has 2 amide bonds. The maximum absolute atomic E-state index is 12.5. The minimum absolute atomic E-state index is 0.357. The first-order valence-corrected chi connectivity index (χ1v) is 6.76. The van der Waals surface area contributed by atoms with E-state index in [1.807, 2.05) is 26.0 Å². The number of ether oxygens (including phenoxy) is 1. The lowest BCUT2D eigenvalue weighted by Crippen LogP contribution is -2.61. The highest BCUT2D eigenvalue weighted by atomic mass is 16.5. The van der Waals surface area contributed by atoms with Crippen LogP contribution in [0.25, 0.3) is 0 Å². The van der Waals surface area contributed by atoms with Crippen molar-refractivity contribution in [2.75, 3.05) is 18.5 Å². The van der Waals surface area contributed by atoms with Crippen LogP contribution in [0.2, 0.25) is 0 Å². The summed E-state index contributed by atoms with van der Waals surface area (Å²) in [5.41, 5.74) is 0.216. The zero-order chi connectivity index (χ0) is 14.9. The Hall–Kier alpha value is -2.04. The molecule has 1 unspecified atom stereocenters. The van der Waals surface area contributed by atoms with Crippen molar-refractivity contribution in [3.05, 3.63) is 23.8 Å². The minimum Gasteiger partial charge on any atom is -0.466 e. The van der Waals surface area contributed by atoms with E-state index < -0.39 is 11.5 Å². The van der Waals surface area contributed by atoms with Gasteiger partial charge in [0.2, 0.25) is 0 Å². The standard InChI is InChI=1S/C15H20N2O3/c1-5-8-16-13(18)15(3)14(19)17(4)11-9-10(2)6-7-12(11)20-15/h6-7,9H,5,8H2,1-4H3,(H,16,18). The highest BCUT2D eigenvalue weighted by Gasteiger charge is 2.49. The van der Waals surface area contributed by atoms with Crippen LogP contribution < -0.4 is 15.0 Å². The molecule has 0 bridgehead atoms. The molecule has 1 atom stereocenters. The Balaban J connectivity index is 2.37. The second-order valence-corrected chi connectivity index (χ2v) is 5.23. The first-order valence-electron chi connectivity index (χ1n) is 6.76. The monoisotopic (exact) mass is 276 g/mol. The van der Waals surface area contributed by atoms with E-state index in [4.69, 9.17) is 4.74 Å². The molecule has 1 aliphatic rings. The number of aryl methyl sites for hydroxylation is 1. The van der Waals surface area contributed by atoms with E-state index in [2.05, 4.69) is 5.32 Å². The molecule has 0 aromatic heterocycles. The summed E-state index contributed by atoms with van der Waals surface area (Å²) in [6.45, 7) is 5.94. The van der Waals surface area contributed by atoms with Crippen molar-refractivity contribution in [1.29, 1.82) is 0 Å². The van der Waals surface area contributed by atoms with Gasteiger partial charge in [0.25, 0.3) is 17.4 Å². The van der Waals surface area contributed by atoms with Crippen LogP contribution in [-0.4, -0.2) is 31.0 Å². The van der Waals surface area contributed by atoms with Crippen molar-refractivity contribution in [1.82, 2.24) is 5.32 Å². The van der Waals surface area contributed by atoms with Gasteiger partial charge < -0.3 is 15.0 Å². The summed E-state index contributed by atoms with van der Waals surface area (Å²) >= 11 is 0. The predicted octanol–water partition coefficient (Wildman–Crippen LogP) is 1.64. The average Bonchev–Trinajstić information content (AvgIpc) is 2.43. The van der Waals surface area contributed by atoms with Crippen molar-refractivity contribution < 1.29 is 14.3 Å². The van der Waals surface area contributed by atoms with Gasteiger partial charge in [-0.1, -0.05) is 13.0 Å². The fourth-order valence-corrected chi connectivity index (χ4v) is 2.22. The molecule has 1 aromatic carbocycles. The Morgan fingerprint density at radius 2 is 2.15 bits per heavy atom. The molecule has 5 heteroatoms. The molecule has 108 valence electrons. The van der Waals surface area contributed by atoms with Crippen molar-refractivity contribution >= 4 is 17.5 Å². The van der Waals surface area contributed by atoms with Gasteiger partial charge in [-0.25, -0.2) is 0 Å². The van der Waals surface area contributed by atoms with E-state index in [9.17, 15) is 9.59 Å². The molecule has 20 heavy (non-hydrogen) atoms. The highest BCUT2D eigenvalue weighted by molar-refractivity contribution is 6.16. The van der Waals surface area contributed by atoms with E-state index in [0.29, 0.717) is 18.0 Å². The van der Waals surface area contributed by atoms with Crippen molar-refractivity contribution in [3.63, 3.8) is 0 Å². The van der Waals surface area contributed by atoms with Crippen LogP contribution in [-0.2, 0) is 9.59 Å². The van der Waals surface area contributed by atoms with E-state index in [0.717, 1.165) is 12.0 Å². The number of rotatable bonds is 3. The van der Waals surface area contributed by atoms with E-state index in [-0.39, 0.29) is 5.91 Å². The first kappa shape index (κ1) is 14.4. The second kappa shape index (κ2) is 5.15. The van der Waals surface area contributed by atoms with Gasteiger partial charge in [0.05, 0.1) is 5.69 Å². The topological polar surface area (TPSA) is 58.6 Å². The lowest BCUT2D eigenvalue weighted by Gasteiger charge is -2.38. The quantitative estimate of drug-likeness (QED) is 0.854. The molecule has 0 fully saturated rings. The van der Waals surface area contributed by atoms with Gasteiger partial charge in [0.1, 0.15) is 5.75 Å². The molecular weight excluding hydrogens is 256 g/mol. The summed E-state index contributed by atoms with van der Waals surface area (Å²) in [4.78, 5) is 26.2. The van der Waals surface area contributed by atoms with E-state index in [1.54, 1.807) is 13.1 Å². The van der Waals surface area contributed by atoms with Gasteiger partial charge in [-0.05, 0) is 38.0 Å². The maximum Gasteiger partial charge on any atom is 0.280 e. The number of nitrogens with zero attached hydrogens (tertiary/aromatic N) is 1. The molecule has 1 aliphatic heterocycles. The zero-order valence-electron chi connectivity index (χ0n) is 12.3. The second-order valence-electron chi connectivity index (χ2n) is 5.23. The molecule has 0 aliphatic carbocycles. The number of likely N-dealkylation sites (N-methyl/N-ethyl adjacent to an activating group) is 1. The molecule has 5 nitrogen and oxygen atoms in total. The summed E-state index contributed by atoms with van der Waals surface area (Å²) in [6, 6.07) is 5.56. The summed E-state index contributed by atoms with van der Waals surface area (Å²) in [6.07, 6.45) is 0.807. The van der Waals surface area contributed by atoms with Crippen LogP contribution in [0.15, 0.2) is 18.2 Å². The molecule has 1 aromatic rings. The number of anilines is 1. The number of carbonyl (C=O) groups is 2. The number of nitrogens with one attached hydrogen (secondary N) is 1. The zero-order valence-corrected chi connectivity index (χ0v) is 12.3. The third-order valence-electron chi connectivity index (χ3n) is 3.47. The lowest BCUT2D eigenvalue weighted by atomic mass is 10.00. The number of amides is 2.